The van der Waals surface area contributed by atoms with Crippen molar-refractivity contribution in [3.05, 3.63) is 53.5 Å². The molecule has 0 saturated heterocycles. The Morgan fingerprint density at radius 3 is 2.74 bits per heavy atom. The van der Waals surface area contributed by atoms with Gasteiger partial charge < -0.3 is 4.90 Å². The van der Waals surface area contributed by atoms with Crippen molar-refractivity contribution in [1.82, 2.24) is 14.8 Å². The molecular formula is C19H24N4. The highest BCUT2D eigenvalue weighted by atomic mass is 15.3. The lowest BCUT2D eigenvalue weighted by Crippen LogP contribution is -2.17. The van der Waals surface area contributed by atoms with E-state index < -0.39 is 0 Å². The van der Waals surface area contributed by atoms with Gasteiger partial charge in [0.2, 0.25) is 0 Å². The lowest BCUT2D eigenvalue weighted by atomic mass is 10.1. The summed E-state index contributed by atoms with van der Waals surface area (Å²) in [7, 11) is 4.12. The third-order valence-electron chi connectivity index (χ3n) is 4.25. The number of hydrogen-bond acceptors (Lipinski definition) is 3. The monoisotopic (exact) mass is 308 g/mol. The number of nitrogens with zero attached hydrogens (tertiary/aromatic N) is 4. The van der Waals surface area contributed by atoms with Gasteiger partial charge in [0, 0.05) is 49.7 Å². The molecule has 2 aromatic heterocycles. The number of fused-ring (bicyclic) bond motifs is 1. The summed E-state index contributed by atoms with van der Waals surface area (Å²) in [6.45, 7) is 7.33. The number of anilines is 1. The Morgan fingerprint density at radius 1 is 1.22 bits per heavy atom. The molecule has 4 nitrogen and oxygen atoms in total. The lowest BCUT2D eigenvalue weighted by Gasteiger charge is -2.21. The van der Waals surface area contributed by atoms with Crippen molar-refractivity contribution in [2.45, 2.75) is 33.2 Å². The van der Waals surface area contributed by atoms with E-state index in [1.54, 1.807) is 0 Å². The van der Waals surface area contributed by atoms with Gasteiger partial charge in [0.25, 0.3) is 0 Å². The molecule has 0 fully saturated rings. The molecule has 0 unspecified atom stereocenters. The lowest BCUT2D eigenvalue weighted by molar-refractivity contribution is 0.711. The van der Waals surface area contributed by atoms with Crippen molar-refractivity contribution in [2.75, 3.05) is 11.9 Å². The van der Waals surface area contributed by atoms with Gasteiger partial charge in [-0.15, -0.1) is 0 Å². The first kappa shape index (κ1) is 15.5. The second kappa shape index (κ2) is 6.03. The number of para-hydroxylation sites is 1. The van der Waals surface area contributed by atoms with Gasteiger partial charge in [-0.2, -0.15) is 5.10 Å². The summed E-state index contributed by atoms with van der Waals surface area (Å²) >= 11 is 0. The average Bonchev–Trinajstić information content (AvgIpc) is 2.88. The first-order valence-corrected chi connectivity index (χ1v) is 8.05. The molecule has 3 rings (SSSR count). The number of benzene rings is 1. The average molecular weight is 308 g/mol. The van der Waals surface area contributed by atoms with E-state index in [4.69, 9.17) is 0 Å². The van der Waals surface area contributed by atoms with E-state index in [9.17, 15) is 0 Å². The number of pyridine rings is 1. The van der Waals surface area contributed by atoms with Crippen LogP contribution in [0, 0.1) is 6.92 Å². The fraction of sp³-hybridized carbons (Fsp3) is 0.368. The van der Waals surface area contributed by atoms with E-state index >= 15 is 0 Å². The Bertz CT molecular complexity index is 833. The van der Waals surface area contributed by atoms with Gasteiger partial charge in [-0.1, -0.05) is 32.0 Å². The van der Waals surface area contributed by atoms with E-state index in [2.05, 4.69) is 73.3 Å². The maximum atomic E-state index is 4.61. The third-order valence-corrected chi connectivity index (χ3v) is 4.25. The number of aryl methyl sites for hydroxylation is 2. The van der Waals surface area contributed by atoms with Crippen molar-refractivity contribution in [3.63, 3.8) is 0 Å². The Balaban J connectivity index is 1.99. The topological polar surface area (TPSA) is 34.0 Å². The molecule has 3 aromatic rings. The Morgan fingerprint density at radius 2 is 2.00 bits per heavy atom. The van der Waals surface area contributed by atoms with Crippen LogP contribution in [0.25, 0.3) is 10.9 Å². The van der Waals surface area contributed by atoms with Crippen LogP contribution in [0.4, 0.5) is 5.69 Å². The van der Waals surface area contributed by atoms with Crippen LogP contribution in [-0.4, -0.2) is 21.8 Å². The van der Waals surface area contributed by atoms with Crippen LogP contribution in [0.15, 0.2) is 36.7 Å². The first-order chi connectivity index (χ1) is 11.0. The summed E-state index contributed by atoms with van der Waals surface area (Å²) < 4.78 is 1.91. The maximum Gasteiger partial charge on any atom is 0.0751 e. The van der Waals surface area contributed by atoms with Crippen LogP contribution in [0.2, 0.25) is 0 Å². The molecule has 0 N–H and O–H groups in total. The Kier molecular flexibility index (Phi) is 4.07. The van der Waals surface area contributed by atoms with E-state index in [0.717, 1.165) is 12.1 Å². The summed E-state index contributed by atoms with van der Waals surface area (Å²) in [5.41, 5.74) is 5.95. The van der Waals surface area contributed by atoms with Gasteiger partial charge in [0.1, 0.15) is 0 Å². The minimum absolute atomic E-state index is 0.427. The zero-order valence-electron chi connectivity index (χ0n) is 14.5. The van der Waals surface area contributed by atoms with Gasteiger partial charge in [-0.05, 0) is 24.5 Å². The van der Waals surface area contributed by atoms with Crippen molar-refractivity contribution in [1.29, 1.82) is 0 Å². The van der Waals surface area contributed by atoms with Crippen LogP contribution < -0.4 is 4.90 Å². The maximum absolute atomic E-state index is 4.61. The highest BCUT2D eigenvalue weighted by Crippen LogP contribution is 2.28. The molecule has 0 aliphatic heterocycles. The zero-order chi connectivity index (χ0) is 16.6. The van der Waals surface area contributed by atoms with Crippen LogP contribution >= 0.6 is 0 Å². The van der Waals surface area contributed by atoms with Crippen LogP contribution in [0.3, 0.4) is 0 Å². The largest absolute Gasteiger partial charge is 0.370 e. The van der Waals surface area contributed by atoms with Crippen molar-refractivity contribution in [3.8, 4) is 0 Å². The van der Waals surface area contributed by atoms with Crippen LogP contribution in [0.1, 0.15) is 36.6 Å². The third kappa shape index (κ3) is 2.93. The zero-order valence-corrected chi connectivity index (χ0v) is 14.5. The molecule has 0 spiro atoms. The molecule has 0 saturated carbocycles. The predicted octanol–water partition coefficient (Wildman–Crippen LogP) is 4.04. The normalized spacial score (nSPS) is 11.4. The van der Waals surface area contributed by atoms with E-state index in [1.807, 2.05) is 17.9 Å². The second-order valence-electron chi connectivity index (χ2n) is 6.53. The standard InChI is InChI=1S/C19H24N4/c1-13(2)18-15(12-23(5)21-18)11-22(4)17-9-10-20-19-14(3)7-6-8-16(17)19/h6-10,12-13H,11H2,1-5H3. The fourth-order valence-electron chi connectivity index (χ4n) is 3.15. The number of aromatic nitrogens is 3. The molecule has 0 aliphatic rings. The van der Waals surface area contributed by atoms with Crippen molar-refractivity contribution >= 4 is 16.6 Å². The SMILES string of the molecule is Cc1cccc2c(N(C)Cc3cn(C)nc3C(C)C)ccnc12. The number of rotatable bonds is 4. The molecule has 0 amide bonds. The van der Waals surface area contributed by atoms with E-state index in [0.29, 0.717) is 5.92 Å². The molecule has 4 heteroatoms. The van der Waals surface area contributed by atoms with Gasteiger partial charge >= 0.3 is 0 Å². The molecule has 0 bridgehead atoms. The highest BCUT2D eigenvalue weighted by Gasteiger charge is 2.15. The number of hydrogen-bond donors (Lipinski definition) is 0. The Hall–Kier alpha value is -2.36. The molecular weight excluding hydrogens is 284 g/mol. The summed E-state index contributed by atoms with van der Waals surface area (Å²) in [4.78, 5) is 6.82. The first-order valence-electron chi connectivity index (χ1n) is 8.05. The second-order valence-corrected chi connectivity index (χ2v) is 6.53. The molecule has 120 valence electrons. The molecule has 23 heavy (non-hydrogen) atoms. The van der Waals surface area contributed by atoms with Gasteiger partial charge in [0.05, 0.1) is 11.2 Å². The molecule has 2 heterocycles. The summed E-state index contributed by atoms with van der Waals surface area (Å²) in [6.07, 6.45) is 4.02. The van der Waals surface area contributed by atoms with Gasteiger partial charge in [-0.3, -0.25) is 9.67 Å². The van der Waals surface area contributed by atoms with Crippen molar-refractivity contribution in [2.24, 2.45) is 7.05 Å². The summed E-state index contributed by atoms with van der Waals surface area (Å²) in [5.74, 6) is 0.427. The highest BCUT2D eigenvalue weighted by molar-refractivity contribution is 5.93. The fourth-order valence-corrected chi connectivity index (χ4v) is 3.15. The minimum Gasteiger partial charge on any atom is -0.370 e. The smallest absolute Gasteiger partial charge is 0.0751 e. The van der Waals surface area contributed by atoms with Gasteiger partial charge in [-0.25, -0.2) is 0 Å². The molecule has 0 atom stereocenters. The van der Waals surface area contributed by atoms with Gasteiger partial charge in [0.15, 0.2) is 0 Å². The molecule has 0 radical (unpaired) electrons. The summed E-state index contributed by atoms with van der Waals surface area (Å²) in [6, 6.07) is 8.44. The summed E-state index contributed by atoms with van der Waals surface area (Å²) in [5, 5.41) is 5.81. The molecule has 1 aromatic carbocycles. The Labute approximate surface area is 137 Å². The van der Waals surface area contributed by atoms with Crippen molar-refractivity contribution < 1.29 is 0 Å². The minimum atomic E-state index is 0.427. The predicted molar refractivity (Wildman–Crippen MR) is 95.9 cm³/mol. The van der Waals surface area contributed by atoms with Crippen LogP contribution in [-0.2, 0) is 13.6 Å². The van der Waals surface area contributed by atoms with Crippen LogP contribution in [0.5, 0.6) is 0 Å². The molecule has 0 aliphatic carbocycles. The van der Waals surface area contributed by atoms with E-state index in [1.165, 1.54) is 27.9 Å². The quantitative estimate of drug-likeness (QED) is 0.729. The van der Waals surface area contributed by atoms with E-state index in [-0.39, 0.29) is 0 Å².